The van der Waals surface area contributed by atoms with Crippen LogP contribution in [-0.4, -0.2) is 9.78 Å². The number of benzene rings is 2. The summed E-state index contributed by atoms with van der Waals surface area (Å²) in [6.45, 7) is 0.357. The molecule has 2 nitrogen and oxygen atoms in total. The van der Waals surface area contributed by atoms with Gasteiger partial charge in [-0.2, -0.15) is 5.10 Å². The van der Waals surface area contributed by atoms with E-state index in [4.69, 9.17) is 11.6 Å². The van der Waals surface area contributed by atoms with Crippen LogP contribution in [0, 0.1) is 9.39 Å². The third kappa shape index (κ3) is 3.27. The number of hydrogen-bond donors (Lipinski definition) is 0. The van der Waals surface area contributed by atoms with E-state index in [9.17, 15) is 4.39 Å². The normalized spacial score (nSPS) is 10.8. The average molecular weight is 413 g/mol. The van der Waals surface area contributed by atoms with Gasteiger partial charge in [-0.15, -0.1) is 0 Å². The molecule has 0 fully saturated rings. The largest absolute Gasteiger partial charge is 0.268 e. The Morgan fingerprint density at radius 1 is 1.14 bits per heavy atom. The molecule has 1 heterocycles. The lowest BCUT2D eigenvalue weighted by Crippen LogP contribution is -2.02. The maximum absolute atomic E-state index is 13.9. The number of aromatic nitrogens is 2. The van der Waals surface area contributed by atoms with Gasteiger partial charge in [0.15, 0.2) is 0 Å². The summed E-state index contributed by atoms with van der Waals surface area (Å²) in [5.41, 5.74) is 2.63. The number of nitrogens with zero attached hydrogens (tertiary/aromatic N) is 2. The third-order valence-corrected chi connectivity index (χ3v) is 4.12. The van der Waals surface area contributed by atoms with Crippen molar-refractivity contribution in [1.82, 2.24) is 9.78 Å². The van der Waals surface area contributed by atoms with Crippen LogP contribution in [0.25, 0.3) is 11.1 Å². The van der Waals surface area contributed by atoms with E-state index in [1.165, 1.54) is 3.57 Å². The van der Waals surface area contributed by atoms with Crippen LogP contribution in [0.5, 0.6) is 0 Å². The number of hydrogen-bond acceptors (Lipinski definition) is 1. The van der Waals surface area contributed by atoms with Gasteiger partial charge in [0.2, 0.25) is 0 Å². The summed E-state index contributed by atoms with van der Waals surface area (Å²) in [6, 6.07) is 13.2. The van der Waals surface area contributed by atoms with Gasteiger partial charge in [0, 0.05) is 20.9 Å². The monoisotopic (exact) mass is 412 g/mol. The van der Waals surface area contributed by atoms with Gasteiger partial charge in [0.05, 0.1) is 17.8 Å². The minimum Gasteiger partial charge on any atom is -0.268 e. The standard InChI is InChI=1S/C16H11ClFIN2/c17-15-6-2-4-12(16(15)18)9-21-10-13(8-20-21)11-3-1-5-14(19)7-11/h1-8,10H,9H2. The molecule has 0 spiro atoms. The van der Waals surface area contributed by atoms with Crippen molar-refractivity contribution in [3.8, 4) is 11.1 Å². The second kappa shape index (κ2) is 6.15. The lowest BCUT2D eigenvalue weighted by molar-refractivity contribution is 0.585. The van der Waals surface area contributed by atoms with Crippen LogP contribution < -0.4 is 0 Å². The molecule has 0 aliphatic rings. The molecule has 0 saturated heterocycles. The zero-order valence-electron chi connectivity index (χ0n) is 10.9. The SMILES string of the molecule is Fc1c(Cl)cccc1Cn1cc(-c2cccc(I)c2)cn1. The summed E-state index contributed by atoms with van der Waals surface area (Å²) in [6.07, 6.45) is 3.69. The maximum Gasteiger partial charge on any atom is 0.146 e. The van der Waals surface area contributed by atoms with Gasteiger partial charge < -0.3 is 0 Å². The lowest BCUT2D eigenvalue weighted by atomic mass is 10.1. The number of halogens is 3. The van der Waals surface area contributed by atoms with Crippen molar-refractivity contribution in [2.45, 2.75) is 6.54 Å². The molecule has 21 heavy (non-hydrogen) atoms. The van der Waals surface area contributed by atoms with E-state index in [-0.39, 0.29) is 10.8 Å². The second-order valence-electron chi connectivity index (χ2n) is 4.65. The van der Waals surface area contributed by atoms with Crippen LogP contribution in [0.15, 0.2) is 54.9 Å². The van der Waals surface area contributed by atoms with Gasteiger partial charge in [-0.05, 0) is 46.4 Å². The molecule has 0 unspecified atom stereocenters. The molecule has 3 rings (SSSR count). The van der Waals surface area contributed by atoms with Crippen molar-refractivity contribution in [2.75, 3.05) is 0 Å². The molecule has 0 N–H and O–H groups in total. The average Bonchev–Trinajstić information content (AvgIpc) is 2.93. The van der Waals surface area contributed by atoms with E-state index in [1.54, 1.807) is 29.1 Å². The van der Waals surface area contributed by atoms with Crippen molar-refractivity contribution in [1.29, 1.82) is 0 Å². The molecule has 0 radical (unpaired) electrons. The van der Waals surface area contributed by atoms with Crippen molar-refractivity contribution in [3.63, 3.8) is 0 Å². The summed E-state index contributed by atoms with van der Waals surface area (Å²) in [5.74, 6) is -0.384. The Balaban J connectivity index is 1.87. The molecule has 0 aliphatic carbocycles. The molecular formula is C16H11ClFIN2. The highest BCUT2D eigenvalue weighted by Gasteiger charge is 2.08. The smallest absolute Gasteiger partial charge is 0.146 e. The molecular weight excluding hydrogens is 402 g/mol. The fourth-order valence-electron chi connectivity index (χ4n) is 2.11. The van der Waals surface area contributed by atoms with Gasteiger partial charge in [0.25, 0.3) is 0 Å². The van der Waals surface area contributed by atoms with Gasteiger partial charge >= 0.3 is 0 Å². The first-order valence-corrected chi connectivity index (χ1v) is 7.80. The zero-order chi connectivity index (χ0) is 14.8. The highest BCUT2D eigenvalue weighted by Crippen LogP contribution is 2.22. The van der Waals surface area contributed by atoms with Crippen molar-refractivity contribution in [2.24, 2.45) is 0 Å². The van der Waals surface area contributed by atoms with Crippen LogP contribution in [0.2, 0.25) is 5.02 Å². The molecule has 0 atom stereocenters. The maximum atomic E-state index is 13.9. The predicted molar refractivity (Wildman–Crippen MR) is 90.9 cm³/mol. The predicted octanol–water partition coefficient (Wildman–Crippen LogP) is 5.00. The van der Waals surface area contributed by atoms with Crippen LogP contribution >= 0.6 is 34.2 Å². The topological polar surface area (TPSA) is 17.8 Å². The van der Waals surface area contributed by atoms with Gasteiger partial charge in [-0.25, -0.2) is 4.39 Å². The Morgan fingerprint density at radius 2 is 1.95 bits per heavy atom. The van der Waals surface area contributed by atoms with Crippen LogP contribution in [0.3, 0.4) is 0 Å². The first-order chi connectivity index (χ1) is 10.1. The van der Waals surface area contributed by atoms with Crippen LogP contribution in [0.1, 0.15) is 5.56 Å². The Labute approximate surface area is 140 Å². The first kappa shape index (κ1) is 14.5. The first-order valence-electron chi connectivity index (χ1n) is 6.35. The Kier molecular flexibility index (Phi) is 4.26. The Morgan fingerprint density at radius 3 is 2.76 bits per heavy atom. The van der Waals surface area contributed by atoms with Crippen LogP contribution in [0.4, 0.5) is 4.39 Å². The highest BCUT2D eigenvalue weighted by atomic mass is 127. The molecule has 0 amide bonds. The Hall–Kier alpha value is -1.40. The minimum atomic E-state index is -0.384. The molecule has 0 aliphatic heterocycles. The van der Waals surface area contributed by atoms with E-state index < -0.39 is 0 Å². The molecule has 106 valence electrons. The van der Waals surface area contributed by atoms with Crippen molar-refractivity contribution >= 4 is 34.2 Å². The highest BCUT2D eigenvalue weighted by molar-refractivity contribution is 14.1. The Bertz CT molecular complexity index is 785. The van der Waals surface area contributed by atoms with Gasteiger partial charge in [0.1, 0.15) is 5.82 Å². The molecule has 3 aromatic rings. The van der Waals surface area contributed by atoms with E-state index in [2.05, 4.69) is 33.8 Å². The second-order valence-corrected chi connectivity index (χ2v) is 6.30. The summed E-state index contributed by atoms with van der Waals surface area (Å²) in [5, 5.41) is 4.43. The fourth-order valence-corrected chi connectivity index (χ4v) is 2.85. The summed E-state index contributed by atoms with van der Waals surface area (Å²) < 4.78 is 16.8. The molecule has 0 bridgehead atoms. The van der Waals surface area contributed by atoms with E-state index in [1.807, 2.05) is 24.4 Å². The fraction of sp³-hybridized carbons (Fsp3) is 0.0625. The third-order valence-electron chi connectivity index (χ3n) is 3.16. The van der Waals surface area contributed by atoms with Crippen molar-refractivity contribution < 1.29 is 4.39 Å². The molecule has 5 heteroatoms. The molecule has 0 saturated carbocycles. The summed E-state index contributed by atoms with van der Waals surface area (Å²) >= 11 is 8.07. The quantitative estimate of drug-likeness (QED) is 0.554. The van der Waals surface area contributed by atoms with E-state index >= 15 is 0 Å². The number of rotatable bonds is 3. The summed E-state index contributed by atoms with van der Waals surface area (Å²) in [7, 11) is 0. The minimum absolute atomic E-state index is 0.137. The van der Waals surface area contributed by atoms with E-state index in [0.717, 1.165) is 11.1 Å². The van der Waals surface area contributed by atoms with Gasteiger partial charge in [-0.1, -0.05) is 35.9 Å². The molecule has 2 aromatic carbocycles. The molecule has 1 aromatic heterocycles. The summed E-state index contributed by atoms with van der Waals surface area (Å²) in [4.78, 5) is 0. The lowest BCUT2D eigenvalue weighted by Gasteiger charge is -2.04. The van der Waals surface area contributed by atoms with Crippen LogP contribution in [-0.2, 0) is 6.54 Å². The van der Waals surface area contributed by atoms with Gasteiger partial charge in [-0.3, -0.25) is 4.68 Å². The van der Waals surface area contributed by atoms with E-state index in [0.29, 0.717) is 12.1 Å². The zero-order valence-corrected chi connectivity index (χ0v) is 13.8. The van der Waals surface area contributed by atoms with Crippen molar-refractivity contribution in [3.05, 3.63) is 74.8 Å².